The van der Waals surface area contributed by atoms with Gasteiger partial charge in [-0.2, -0.15) is 0 Å². The predicted molar refractivity (Wildman–Crippen MR) is 107 cm³/mol. The van der Waals surface area contributed by atoms with Gasteiger partial charge in [0.2, 0.25) is 0 Å². The molecule has 1 aliphatic rings. The van der Waals surface area contributed by atoms with Gasteiger partial charge in [-0.3, -0.25) is 9.98 Å². The third-order valence-corrected chi connectivity index (χ3v) is 5.00. The first-order chi connectivity index (χ1) is 12.7. The van der Waals surface area contributed by atoms with Crippen molar-refractivity contribution >= 4 is 35.0 Å². The Bertz CT molecular complexity index is 990. The molecule has 1 aliphatic heterocycles. The molecule has 0 saturated heterocycles. The summed E-state index contributed by atoms with van der Waals surface area (Å²) in [5.41, 5.74) is 4.10. The summed E-state index contributed by atoms with van der Waals surface area (Å²) in [6.45, 7) is 0.842. The average molecular weight is 383 g/mol. The van der Waals surface area contributed by atoms with Gasteiger partial charge >= 0.3 is 0 Å². The fourth-order valence-corrected chi connectivity index (χ4v) is 3.31. The number of rotatable bonds is 3. The SMILES string of the molecule is Clc1ccc(-c2ccc(/C=C3\CCCN=C3c3cccnc3)o2)cc1Cl. The number of halogens is 2. The van der Waals surface area contributed by atoms with Crippen LogP contribution in [0, 0.1) is 0 Å². The number of hydrogen-bond acceptors (Lipinski definition) is 3. The summed E-state index contributed by atoms with van der Waals surface area (Å²) in [6.07, 6.45) is 7.69. The zero-order chi connectivity index (χ0) is 17.9. The predicted octanol–water partition coefficient (Wildman–Crippen LogP) is 6.31. The maximum absolute atomic E-state index is 6.11. The van der Waals surface area contributed by atoms with E-state index in [9.17, 15) is 0 Å². The van der Waals surface area contributed by atoms with Crippen LogP contribution in [0.3, 0.4) is 0 Å². The number of nitrogens with zero attached hydrogens (tertiary/aromatic N) is 2. The zero-order valence-electron chi connectivity index (χ0n) is 14.0. The molecule has 3 nitrogen and oxygen atoms in total. The molecule has 0 bridgehead atoms. The molecular weight excluding hydrogens is 367 g/mol. The fraction of sp³-hybridized carbons (Fsp3) is 0.143. The van der Waals surface area contributed by atoms with Crippen LogP contribution in [0.4, 0.5) is 0 Å². The van der Waals surface area contributed by atoms with Crippen molar-refractivity contribution in [2.24, 2.45) is 4.99 Å². The monoisotopic (exact) mass is 382 g/mol. The van der Waals surface area contributed by atoms with Gasteiger partial charge in [-0.1, -0.05) is 23.2 Å². The standard InChI is InChI=1S/C21H16Cl2N2O/c22-18-7-5-14(12-19(18)23)20-8-6-17(26-20)11-15-3-2-10-25-21(15)16-4-1-9-24-13-16/h1,4-9,11-13H,2-3,10H2/b15-11+. The second-order valence-corrected chi connectivity index (χ2v) is 6.89. The van der Waals surface area contributed by atoms with E-state index in [0.717, 1.165) is 47.7 Å². The Hall–Kier alpha value is -2.36. The highest BCUT2D eigenvalue weighted by atomic mass is 35.5. The normalized spacial score (nSPS) is 15.9. The van der Waals surface area contributed by atoms with Crippen LogP contribution in [0.1, 0.15) is 24.2 Å². The highest BCUT2D eigenvalue weighted by molar-refractivity contribution is 6.42. The quantitative estimate of drug-likeness (QED) is 0.531. The zero-order valence-corrected chi connectivity index (χ0v) is 15.5. The van der Waals surface area contributed by atoms with E-state index < -0.39 is 0 Å². The minimum absolute atomic E-state index is 0.513. The first-order valence-corrected chi connectivity index (χ1v) is 9.17. The molecule has 26 heavy (non-hydrogen) atoms. The van der Waals surface area contributed by atoms with Gasteiger partial charge in [-0.15, -0.1) is 0 Å². The molecule has 130 valence electrons. The highest BCUT2D eigenvalue weighted by Gasteiger charge is 2.15. The van der Waals surface area contributed by atoms with Gasteiger partial charge < -0.3 is 4.42 Å². The minimum Gasteiger partial charge on any atom is -0.457 e. The number of benzene rings is 1. The summed E-state index contributed by atoms with van der Waals surface area (Å²) in [5, 5.41) is 1.04. The molecular formula is C21H16Cl2N2O. The number of pyridine rings is 1. The molecule has 5 heteroatoms. The Kier molecular flexibility index (Phi) is 4.91. The topological polar surface area (TPSA) is 38.4 Å². The lowest BCUT2D eigenvalue weighted by Crippen LogP contribution is -2.11. The van der Waals surface area contributed by atoms with Gasteiger partial charge in [0.15, 0.2) is 0 Å². The molecule has 4 rings (SSSR count). The van der Waals surface area contributed by atoms with Crippen molar-refractivity contribution in [1.82, 2.24) is 4.98 Å². The molecule has 0 saturated carbocycles. The molecule has 0 N–H and O–H groups in total. The van der Waals surface area contributed by atoms with E-state index >= 15 is 0 Å². The van der Waals surface area contributed by atoms with Crippen LogP contribution in [-0.4, -0.2) is 17.2 Å². The molecule has 0 unspecified atom stereocenters. The van der Waals surface area contributed by atoms with Crippen LogP contribution < -0.4 is 0 Å². The largest absolute Gasteiger partial charge is 0.457 e. The van der Waals surface area contributed by atoms with Crippen molar-refractivity contribution in [3.8, 4) is 11.3 Å². The van der Waals surface area contributed by atoms with Gasteiger partial charge in [0.05, 0.1) is 15.8 Å². The summed E-state index contributed by atoms with van der Waals surface area (Å²) >= 11 is 12.1. The van der Waals surface area contributed by atoms with Crippen LogP contribution in [-0.2, 0) is 0 Å². The Labute approximate surface area is 162 Å². The summed E-state index contributed by atoms with van der Waals surface area (Å²) < 4.78 is 6.00. The Morgan fingerprint density at radius 3 is 2.73 bits per heavy atom. The van der Waals surface area contributed by atoms with Crippen molar-refractivity contribution < 1.29 is 4.42 Å². The number of allylic oxidation sites excluding steroid dienone is 1. The molecule has 0 spiro atoms. The molecule has 2 aromatic heterocycles. The molecule has 0 aliphatic carbocycles. The molecule has 0 fully saturated rings. The van der Waals surface area contributed by atoms with E-state index in [1.165, 1.54) is 5.57 Å². The van der Waals surface area contributed by atoms with Gasteiger partial charge in [-0.25, -0.2) is 0 Å². The van der Waals surface area contributed by atoms with E-state index in [4.69, 9.17) is 32.6 Å². The van der Waals surface area contributed by atoms with Crippen molar-refractivity contribution in [2.45, 2.75) is 12.8 Å². The van der Waals surface area contributed by atoms with E-state index in [2.05, 4.69) is 11.1 Å². The molecule has 0 atom stereocenters. The second kappa shape index (κ2) is 7.48. The Morgan fingerprint density at radius 2 is 1.92 bits per heavy atom. The minimum atomic E-state index is 0.513. The molecule has 3 heterocycles. The summed E-state index contributed by atoms with van der Waals surface area (Å²) in [6, 6.07) is 13.3. The van der Waals surface area contributed by atoms with Gasteiger partial charge in [0.1, 0.15) is 11.5 Å². The molecule has 0 amide bonds. The lowest BCUT2D eigenvalue weighted by molar-refractivity contribution is 0.571. The molecule has 1 aromatic carbocycles. The summed E-state index contributed by atoms with van der Waals surface area (Å²) in [4.78, 5) is 8.90. The van der Waals surface area contributed by atoms with Crippen molar-refractivity contribution in [2.75, 3.05) is 6.54 Å². The first kappa shape index (κ1) is 17.1. The number of aliphatic imine (C=N–C) groups is 1. The lowest BCUT2D eigenvalue weighted by atomic mass is 9.96. The van der Waals surface area contributed by atoms with E-state index in [-0.39, 0.29) is 0 Å². The van der Waals surface area contributed by atoms with E-state index in [1.807, 2.05) is 42.6 Å². The van der Waals surface area contributed by atoms with Crippen LogP contribution >= 0.6 is 23.2 Å². The lowest BCUT2D eigenvalue weighted by Gasteiger charge is -2.15. The van der Waals surface area contributed by atoms with E-state index in [0.29, 0.717) is 10.0 Å². The third-order valence-electron chi connectivity index (χ3n) is 4.26. The van der Waals surface area contributed by atoms with Crippen LogP contribution in [0.25, 0.3) is 17.4 Å². The van der Waals surface area contributed by atoms with Crippen molar-refractivity contribution in [1.29, 1.82) is 0 Å². The van der Waals surface area contributed by atoms with Gasteiger partial charge in [0.25, 0.3) is 0 Å². The maximum Gasteiger partial charge on any atom is 0.134 e. The van der Waals surface area contributed by atoms with Crippen LogP contribution in [0.2, 0.25) is 10.0 Å². The summed E-state index contributed by atoms with van der Waals surface area (Å²) in [5.74, 6) is 1.55. The second-order valence-electron chi connectivity index (χ2n) is 6.08. The maximum atomic E-state index is 6.11. The highest BCUT2D eigenvalue weighted by Crippen LogP contribution is 2.30. The number of furan rings is 1. The summed E-state index contributed by atoms with van der Waals surface area (Å²) in [7, 11) is 0. The number of aromatic nitrogens is 1. The van der Waals surface area contributed by atoms with Gasteiger partial charge in [0, 0.05) is 30.1 Å². The van der Waals surface area contributed by atoms with Crippen LogP contribution in [0.15, 0.2) is 69.8 Å². The van der Waals surface area contributed by atoms with Crippen LogP contribution in [0.5, 0.6) is 0 Å². The molecule has 3 aromatic rings. The van der Waals surface area contributed by atoms with E-state index in [1.54, 1.807) is 12.3 Å². The van der Waals surface area contributed by atoms with Gasteiger partial charge in [-0.05, 0) is 67.0 Å². The Balaban J connectivity index is 1.65. The average Bonchev–Trinajstić information content (AvgIpc) is 3.14. The van der Waals surface area contributed by atoms with Crippen molar-refractivity contribution in [3.05, 3.63) is 81.8 Å². The first-order valence-electron chi connectivity index (χ1n) is 8.42. The molecule has 0 radical (unpaired) electrons. The van der Waals surface area contributed by atoms with Crippen molar-refractivity contribution in [3.63, 3.8) is 0 Å². The Morgan fingerprint density at radius 1 is 1.00 bits per heavy atom. The number of hydrogen-bond donors (Lipinski definition) is 0. The fourth-order valence-electron chi connectivity index (χ4n) is 3.01. The third kappa shape index (κ3) is 3.59. The smallest absolute Gasteiger partial charge is 0.134 e.